The summed E-state index contributed by atoms with van der Waals surface area (Å²) in [6.07, 6.45) is 6.11. The molecule has 0 spiro atoms. The molecule has 2 unspecified atom stereocenters. The Morgan fingerprint density at radius 3 is 2.41 bits per heavy atom. The lowest BCUT2D eigenvalue weighted by Gasteiger charge is -2.39. The van der Waals surface area contributed by atoms with Crippen LogP contribution in [0.3, 0.4) is 0 Å². The molecule has 0 saturated carbocycles. The molecule has 1 amide bonds. The fourth-order valence-electron chi connectivity index (χ4n) is 5.08. The number of fused-ring (bicyclic) bond motifs is 3. The van der Waals surface area contributed by atoms with Crippen molar-refractivity contribution in [2.45, 2.75) is 43.7 Å². The van der Waals surface area contributed by atoms with Crippen molar-refractivity contribution in [3.63, 3.8) is 0 Å². The Bertz CT molecular complexity index is 993. The molecule has 3 nitrogen and oxygen atoms in total. The van der Waals surface area contributed by atoms with Gasteiger partial charge in [-0.25, -0.2) is 4.39 Å². The van der Waals surface area contributed by atoms with Crippen molar-refractivity contribution in [3.05, 3.63) is 71.7 Å². The standard InChI is InChI=1S/C23H23FN2O/c1-25-11-10-16-12-17(4-9-22(16)25)23(27)26-20-7-8-21(26)14-18(13-20)15-2-5-19(24)6-3-15/h2-6,9-12,18,20-21H,7-8,13-14H2,1H3. The summed E-state index contributed by atoms with van der Waals surface area (Å²) < 4.78 is 15.3. The van der Waals surface area contributed by atoms with E-state index in [2.05, 4.69) is 15.5 Å². The van der Waals surface area contributed by atoms with E-state index in [1.54, 1.807) is 12.1 Å². The minimum atomic E-state index is -0.189. The molecule has 4 heteroatoms. The van der Waals surface area contributed by atoms with Gasteiger partial charge in [-0.3, -0.25) is 4.79 Å². The number of rotatable bonds is 2. The maximum Gasteiger partial charge on any atom is 0.254 e. The van der Waals surface area contributed by atoms with Crippen molar-refractivity contribution in [3.8, 4) is 0 Å². The number of carbonyl (C=O) groups is 1. The summed E-state index contributed by atoms with van der Waals surface area (Å²) in [5.74, 6) is 0.389. The number of hydrogen-bond acceptors (Lipinski definition) is 1. The molecule has 0 N–H and O–H groups in total. The van der Waals surface area contributed by atoms with Gasteiger partial charge in [0.05, 0.1) is 0 Å². The highest BCUT2D eigenvalue weighted by atomic mass is 19.1. The predicted octanol–water partition coefficient (Wildman–Crippen LogP) is 4.87. The Morgan fingerprint density at radius 1 is 1.00 bits per heavy atom. The van der Waals surface area contributed by atoms with Crippen molar-refractivity contribution in [1.82, 2.24) is 9.47 Å². The summed E-state index contributed by atoms with van der Waals surface area (Å²) in [5.41, 5.74) is 3.13. The van der Waals surface area contributed by atoms with Crippen LogP contribution in [0.5, 0.6) is 0 Å². The van der Waals surface area contributed by atoms with Crippen molar-refractivity contribution < 1.29 is 9.18 Å². The highest BCUT2D eigenvalue weighted by Crippen LogP contribution is 2.43. The quantitative estimate of drug-likeness (QED) is 0.639. The molecule has 2 saturated heterocycles. The average molecular weight is 362 g/mol. The molecule has 3 heterocycles. The SMILES string of the molecule is Cn1ccc2cc(C(=O)N3C4CCC3CC(c3ccc(F)cc3)C4)ccc21. The van der Waals surface area contributed by atoms with Crippen LogP contribution in [0.2, 0.25) is 0 Å². The molecule has 0 radical (unpaired) electrons. The first-order chi connectivity index (χ1) is 13.1. The summed E-state index contributed by atoms with van der Waals surface area (Å²) in [6, 6.07) is 15.5. The van der Waals surface area contributed by atoms with Gasteiger partial charge in [0.2, 0.25) is 0 Å². The predicted molar refractivity (Wildman–Crippen MR) is 104 cm³/mol. The first-order valence-electron chi connectivity index (χ1n) is 9.73. The van der Waals surface area contributed by atoms with Crippen LogP contribution in [0.1, 0.15) is 47.5 Å². The number of aromatic nitrogens is 1. The monoisotopic (exact) mass is 362 g/mol. The molecule has 2 fully saturated rings. The van der Waals surface area contributed by atoms with Gasteiger partial charge in [-0.1, -0.05) is 12.1 Å². The van der Waals surface area contributed by atoms with Crippen molar-refractivity contribution >= 4 is 16.8 Å². The number of amides is 1. The van der Waals surface area contributed by atoms with Gasteiger partial charge in [0.25, 0.3) is 5.91 Å². The number of carbonyl (C=O) groups excluding carboxylic acids is 1. The third-order valence-electron chi connectivity index (χ3n) is 6.44. The lowest BCUT2D eigenvalue weighted by Crippen LogP contribution is -2.46. The van der Waals surface area contributed by atoms with Crippen LogP contribution < -0.4 is 0 Å². The maximum atomic E-state index is 13.3. The van der Waals surface area contributed by atoms with Gasteiger partial charge in [-0.05, 0) is 73.6 Å². The van der Waals surface area contributed by atoms with Crippen LogP contribution >= 0.6 is 0 Å². The molecule has 2 aliphatic rings. The molecule has 138 valence electrons. The first-order valence-corrected chi connectivity index (χ1v) is 9.73. The zero-order valence-electron chi connectivity index (χ0n) is 15.4. The molecular formula is C23H23FN2O. The number of benzene rings is 2. The average Bonchev–Trinajstić information content (AvgIpc) is 3.18. The highest BCUT2D eigenvalue weighted by molar-refractivity contribution is 5.98. The number of nitrogens with zero attached hydrogens (tertiary/aromatic N) is 2. The third kappa shape index (κ3) is 2.75. The molecule has 27 heavy (non-hydrogen) atoms. The van der Waals surface area contributed by atoms with Gasteiger partial charge < -0.3 is 9.47 Å². The van der Waals surface area contributed by atoms with E-state index in [0.717, 1.165) is 42.1 Å². The van der Waals surface area contributed by atoms with Gasteiger partial charge in [0.15, 0.2) is 0 Å². The minimum absolute atomic E-state index is 0.158. The Hall–Kier alpha value is -2.62. The van der Waals surface area contributed by atoms with Crippen LogP contribution in [0.15, 0.2) is 54.7 Å². The molecule has 2 aromatic carbocycles. The smallest absolute Gasteiger partial charge is 0.254 e. The van der Waals surface area contributed by atoms with E-state index in [4.69, 9.17) is 0 Å². The molecule has 2 atom stereocenters. The number of piperidine rings is 1. The molecule has 0 aliphatic carbocycles. The molecule has 2 aliphatic heterocycles. The minimum Gasteiger partial charge on any atom is -0.351 e. The van der Waals surface area contributed by atoms with Crippen molar-refractivity contribution in [1.29, 1.82) is 0 Å². The summed E-state index contributed by atoms with van der Waals surface area (Å²) in [7, 11) is 2.02. The Morgan fingerprint density at radius 2 is 1.70 bits per heavy atom. The molecule has 5 rings (SSSR count). The number of halogens is 1. The second kappa shape index (κ2) is 6.22. The molecule has 3 aromatic rings. The fraction of sp³-hybridized carbons (Fsp3) is 0.348. The normalized spacial score (nSPS) is 24.5. The van der Waals surface area contributed by atoms with E-state index < -0.39 is 0 Å². The van der Waals surface area contributed by atoms with E-state index in [9.17, 15) is 9.18 Å². The number of hydrogen-bond donors (Lipinski definition) is 0. The zero-order valence-corrected chi connectivity index (χ0v) is 15.4. The van der Waals surface area contributed by atoms with Crippen LogP contribution in [-0.2, 0) is 7.05 Å². The van der Waals surface area contributed by atoms with E-state index >= 15 is 0 Å². The van der Waals surface area contributed by atoms with E-state index in [0.29, 0.717) is 5.92 Å². The lowest BCUT2D eigenvalue weighted by molar-refractivity contribution is 0.0571. The molecule has 2 bridgehead atoms. The van der Waals surface area contributed by atoms with Gasteiger partial charge in [-0.15, -0.1) is 0 Å². The van der Waals surface area contributed by atoms with E-state index in [-0.39, 0.29) is 23.8 Å². The largest absolute Gasteiger partial charge is 0.351 e. The Labute approximate surface area is 158 Å². The van der Waals surface area contributed by atoms with Crippen molar-refractivity contribution in [2.24, 2.45) is 7.05 Å². The van der Waals surface area contributed by atoms with Gasteiger partial charge >= 0.3 is 0 Å². The Balaban J connectivity index is 1.39. The van der Waals surface area contributed by atoms with E-state index in [1.165, 1.54) is 5.56 Å². The van der Waals surface area contributed by atoms with Gasteiger partial charge in [-0.2, -0.15) is 0 Å². The summed E-state index contributed by atoms with van der Waals surface area (Å²) in [6.45, 7) is 0. The molecular weight excluding hydrogens is 339 g/mol. The van der Waals surface area contributed by atoms with E-state index in [1.807, 2.05) is 43.6 Å². The molecule has 1 aromatic heterocycles. The van der Waals surface area contributed by atoms with Crippen LogP contribution in [0, 0.1) is 5.82 Å². The topological polar surface area (TPSA) is 25.2 Å². The van der Waals surface area contributed by atoms with Crippen LogP contribution in [-0.4, -0.2) is 27.5 Å². The second-order valence-corrected chi connectivity index (χ2v) is 8.02. The third-order valence-corrected chi connectivity index (χ3v) is 6.44. The lowest BCUT2D eigenvalue weighted by atomic mass is 9.84. The van der Waals surface area contributed by atoms with Gasteiger partial charge in [0, 0.05) is 41.8 Å². The Kier molecular flexibility index (Phi) is 3.81. The highest BCUT2D eigenvalue weighted by Gasteiger charge is 2.43. The maximum absolute atomic E-state index is 13.3. The second-order valence-electron chi connectivity index (χ2n) is 8.02. The summed E-state index contributed by atoms with van der Waals surface area (Å²) in [4.78, 5) is 15.4. The van der Waals surface area contributed by atoms with Crippen LogP contribution in [0.25, 0.3) is 10.9 Å². The summed E-state index contributed by atoms with van der Waals surface area (Å²) >= 11 is 0. The van der Waals surface area contributed by atoms with Gasteiger partial charge in [0.1, 0.15) is 5.82 Å². The fourth-order valence-corrected chi connectivity index (χ4v) is 5.08. The summed E-state index contributed by atoms with van der Waals surface area (Å²) in [5, 5.41) is 1.11. The van der Waals surface area contributed by atoms with Crippen LogP contribution in [0.4, 0.5) is 4.39 Å². The first kappa shape index (κ1) is 16.5. The zero-order chi connectivity index (χ0) is 18.5. The van der Waals surface area contributed by atoms with Crippen molar-refractivity contribution in [2.75, 3.05) is 0 Å². The number of aryl methyl sites for hydroxylation is 1.